The van der Waals surface area contributed by atoms with Crippen LogP contribution < -0.4 is 15.4 Å². The summed E-state index contributed by atoms with van der Waals surface area (Å²) in [6, 6.07) is 14.3. The average Bonchev–Trinajstić information content (AvgIpc) is 2.70. The third-order valence-corrected chi connectivity index (χ3v) is 4.76. The second-order valence-corrected chi connectivity index (χ2v) is 6.73. The number of hydrogen-bond donors (Lipinski definition) is 2. The molecule has 0 aromatic heterocycles. The van der Waals surface area contributed by atoms with E-state index in [1.54, 1.807) is 30.1 Å². The normalized spacial score (nSPS) is 14.5. The zero-order valence-electron chi connectivity index (χ0n) is 15.1. The summed E-state index contributed by atoms with van der Waals surface area (Å²) in [4.78, 5) is 25.8. The minimum Gasteiger partial charge on any atom is -0.489 e. The highest BCUT2D eigenvalue weighted by molar-refractivity contribution is 6.32. The number of piperidine rings is 1. The Kier molecular flexibility index (Phi) is 6.19. The standard InChI is InChI=1S/C20H22ClN3O3/c1-22-19(25)14-7-8-18(17(21)13-14)27-16-9-11-24(12-10-16)20(26)23-15-5-3-2-4-6-15/h2-8,13,16H,9-12H2,1H3,(H,22,25)(H,23,26). The van der Waals surface area contributed by atoms with Gasteiger partial charge < -0.3 is 20.3 Å². The van der Waals surface area contributed by atoms with E-state index >= 15 is 0 Å². The maximum Gasteiger partial charge on any atom is 0.321 e. The van der Waals surface area contributed by atoms with E-state index in [2.05, 4.69) is 10.6 Å². The van der Waals surface area contributed by atoms with Gasteiger partial charge in [0.25, 0.3) is 5.91 Å². The van der Waals surface area contributed by atoms with Gasteiger partial charge in [0.05, 0.1) is 5.02 Å². The lowest BCUT2D eigenvalue weighted by molar-refractivity contribution is 0.0963. The molecule has 0 saturated carbocycles. The number of carbonyl (C=O) groups is 2. The first-order valence-corrected chi connectivity index (χ1v) is 9.24. The Labute approximate surface area is 163 Å². The second kappa shape index (κ2) is 8.77. The molecule has 142 valence electrons. The predicted molar refractivity (Wildman–Crippen MR) is 106 cm³/mol. The summed E-state index contributed by atoms with van der Waals surface area (Å²) in [6.45, 7) is 1.22. The Morgan fingerprint density at radius 3 is 2.44 bits per heavy atom. The number of para-hydroxylation sites is 1. The summed E-state index contributed by atoms with van der Waals surface area (Å²) in [6.07, 6.45) is 1.42. The van der Waals surface area contributed by atoms with Crippen molar-refractivity contribution in [3.8, 4) is 5.75 Å². The highest BCUT2D eigenvalue weighted by atomic mass is 35.5. The molecule has 6 nitrogen and oxygen atoms in total. The van der Waals surface area contributed by atoms with Crippen molar-refractivity contribution in [2.75, 3.05) is 25.5 Å². The van der Waals surface area contributed by atoms with E-state index < -0.39 is 0 Å². The van der Waals surface area contributed by atoms with Gasteiger partial charge in [-0.2, -0.15) is 0 Å². The van der Waals surface area contributed by atoms with Gasteiger partial charge in [0.15, 0.2) is 0 Å². The van der Waals surface area contributed by atoms with Crippen molar-refractivity contribution < 1.29 is 14.3 Å². The highest BCUT2D eigenvalue weighted by Gasteiger charge is 2.24. The number of nitrogens with one attached hydrogen (secondary N) is 2. The van der Waals surface area contributed by atoms with Crippen molar-refractivity contribution in [3.05, 3.63) is 59.1 Å². The van der Waals surface area contributed by atoms with Crippen LogP contribution in [-0.4, -0.2) is 43.1 Å². The lowest BCUT2D eigenvalue weighted by Crippen LogP contribution is -2.43. The second-order valence-electron chi connectivity index (χ2n) is 6.32. The van der Waals surface area contributed by atoms with Gasteiger partial charge in [-0.25, -0.2) is 4.79 Å². The van der Waals surface area contributed by atoms with Crippen molar-refractivity contribution >= 4 is 29.2 Å². The molecule has 0 spiro atoms. The summed E-state index contributed by atoms with van der Waals surface area (Å²) in [5.41, 5.74) is 1.27. The summed E-state index contributed by atoms with van der Waals surface area (Å²) < 4.78 is 5.98. The number of rotatable bonds is 4. The van der Waals surface area contributed by atoms with Gasteiger partial charge in [-0.1, -0.05) is 29.8 Å². The lowest BCUT2D eigenvalue weighted by atomic mass is 10.1. The van der Waals surface area contributed by atoms with Gasteiger partial charge in [0.2, 0.25) is 0 Å². The zero-order chi connectivity index (χ0) is 19.2. The van der Waals surface area contributed by atoms with Gasteiger partial charge in [-0.3, -0.25) is 4.79 Å². The number of ether oxygens (including phenoxy) is 1. The molecule has 3 amide bonds. The van der Waals surface area contributed by atoms with Crippen molar-refractivity contribution in [2.24, 2.45) is 0 Å². The third kappa shape index (κ3) is 4.92. The summed E-state index contributed by atoms with van der Waals surface area (Å²) in [7, 11) is 1.57. The van der Waals surface area contributed by atoms with E-state index in [0.29, 0.717) is 29.4 Å². The Bertz CT molecular complexity index is 805. The number of anilines is 1. The summed E-state index contributed by atoms with van der Waals surface area (Å²) in [5.74, 6) is 0.359. The summed E-state index contributed by atoms with van der Waals surface area (Å²) in [5, 5.41) is 5.86. The van der Waals surface area contributed by atoms with Crippen LogP contribution in [-0.2, 0) is 0 Å². The third-order valence-electron chi connectivity index (χ3n) is 4.47. The fourth-order valence-electron chi connectivity index (χ4n) is 2.96. The van der Waals surface area contributed by atoms with E-state index in [1.165, 1.54) is 0 Å². The van der Waals surface area contributed by atoms with Crippen LogP contribution in [0.15, 0.2) is 48.5 Å². The molecule has 2 N–H and O–H groups in total. The largest absolute Gasteiger partial charge is 0.489 e. The molecule has 0 aliphatic carbocycles. The first-order chi connectivity index (χ1) is 13.1. The van der Waals surface area contributed by atoms with Crippen molar-refractivity contribution in [2.45, 2.75) is 18.9 Å². The number of likely N-dealkylation sites (tertiary alicyclic amines) is 1. The number of halogens is 1. The molecule has 2 aromatic carbocycles. The highest BCUT2D eigenvalue weighted by Crippen LogP contribution is 2.28. The molecule has 0 bridgehead atoms. The van der Waals surface area contributed by atoms with E-state index in [4.69, 9.17) is 16.3 Å². The summed E-state index contributed by atoms with van der Waals surface area (Å²) >= 11 is 6.24. The molecule has 3 rings (SSSR count). The average molecular weight is 388 g/mol. The van der Waals surface area contributed by atoms with Gasteiger partial charge in [0, 0.05) is 44.2 Å². The number of carbonyl (C=O) groups excluding carboxylic acids is 2. The van der Waals surface area contributed by atoms with Crippen LogP contribution in [0.1, 0.15) is 23.2 Å². The molecule has 1 heterocycles. The van der Waals surface area contributed by atoms with Crippen LogP contribution in [0.5, 0.6) is 5.75 Å². The van der Waals surface area contributed by atoms with E-state index in [0.717, 1.165) is 18.5 Å². The smallest absolute Gasteiger partial charge is 0.321 e. The minimum atomic E-state index is -0.193. The van der Waals surface area contributed by atoms with E-state index in [1.807, 2.05) is 30.3 Å². The number of amides is 3. The number of urea groups is 1. The Morgan fingerprint density at radius 1 is 1.11 bits per heavy atom. The van der Waals surface area contributed by atoms with Crippen molar-refractivity contribution in [3.63, 3.8) is 0 Å². The Balaban J connectivity index is 1.52. The van der Waals surface area contributed by atoms with Crippen molar-refractivity contribution in [1.29, 1.82) is 0 Å². The molecule has 2 aromatic rings. The molecule has 0 atom stereocenters. The van der Waals surface area contributed by atoms with Crippen molar-refractivity contribution in [1.82, 2.24) is 10.2 Å². The monoisotopic (exact) mass is 387 g/mol. The van der Waals surface area contributed by atoms with E-state index in [9.17, 15) is 9.59 Å². The van der Waals surface area contributed by atoms with Crippen LogP contribution in [0, 0.1) is 0 Å². The van der Waals surface area contributed by atoms with Crippen LogP contribution in [0.4, 0.5) is 10.5 Å². The maximum atomic E-state index is 12.3. The quantitative estimate of drug-likeness (QED) is 0.838. The number of hydrogen-bond acceptors (Lipinski definition) is 3. The Morgan fingerprint density at radius 2 is 1.81 bits per heavy atom. The molecule has 0 unspecified atom stereocenters. The molecular weight excluding hydrogens is 366 g/mol. The van der Waals surface area contributed by atoms with Gasteiger partial charge in [-0.15, -0.1) is 0 Å². The molecule has 1 aliphatic rings. The molecule has 1 saturated heterocycles. The van der Waals surface area contributed by atoms with Gasteiger partial charge in [0.1, 0.15) is 11.9 Å². The molecule has 27 heavy (non-hydrogen) atoms. The minimum absolute atomic E-state index is 0.0193. The maximum absolute atomic E-state index is 12.3. The number of benzene rings is 2. The number of nitrogens with zero attached hydrogens (tertiary/aromatic N) is 1. The van der Waals surface area contributed by atoms with Gasteiger partial charge in [-0.05, 0) is 30.3 Å². The van der Waals surface area contributed by atoms with Crippen LogP contribution in [0.2, 0.25) is 5.02 Å². The Hall–Kier alpha value is -2.73. The molecule has 7 heteroatoms. The van der Waals surface area contributed by atoms with Crippen LogP contribution in [0.3, 0.4) is 0 Å². The lowest BCUT2D eigenvalue weighted by Gasteiger charge is -2.32. The molecule has 0 radical (unpaired) electrons. The fraction of sp³-hybridized carbons (Fsp3) is 0.300. The zero-order valence-corrected chi connectivity index (χ0v) is 15.8. The predicted octanol–water partition coefficient (Wildman–Crippen LogP) is 3.77. The topological polar surface area (TPSA) is 70.7 Å². The molecule has 1 aliphatic heterocycles. The SMILES string of the molecule is CNC(=O)c1ccc(OC2CCN(C(=O)Nc3ccccc3)CC2)c(Cl)c1. The van der Waals surface area contributed by atoms with E-state index in [-0.39, 0.29) is 18.0 Å². The first-order valence-electron chi connectivity index (χ1n) is 8.86. The van der Waals surface area contributed by atoms with Gasteiger partial charge >= 0.3 is 6.03 Å². The molecular formula is C20H22ClN3O3. The molecule has 1 fully saturated rings. The van der Waals surface area contributed by atoms with Crippen LogP contribution >= 0.6 is 11.6 Å². The van der Waals surface area contributed by atoms with Crippen LogP contribution in [0.25, 0.3) is 0 Å². The first kappa shape index (κ1) is 19.0. The fourth-order valence-corrected chi connectivity index (χ4v) is 3.19.